The molecule has 1 aromatic heterocycles. The lowest BCUT2D eigenvalue weighted by molar-refractivity contribution is -0.122. The van der Waals surface area contributed by atoms with E-state index in [2.05, 4.69) is 4.98 Å². The summed E-state index contributed by atoms with van der Waals surface area (Å²) in [5, 5.41) is 0. The molecule has 0 saturated heterocycles. The zero-order valence-corrected chi connectivity index (χ0v) is 8.66. The van der Waals surface area contributed by atoms with Crippen molar-refractivity contribution in [2.24, 2.45) is 5.92 Å². The maximum absolute atomic E-state index is 11.4. The first-order valence-electron chi connectivity index (χ1n) is 4.53. The fourth-order valence-corrected chi connectivity index (χ4v) is 1.05. The van der Waals surface area contributed by atoms with E-state index < -0.39 is 0 Å². The number of imidazole rings is 1. The van der Waals surface area contributed by atoms with Crippen molar-refractivity contribution in [3.05, 3.63) is 17.7 Å². The molecule has 3 heteroatoms. The van der Waals surface area contributed by atoms with Gasteiger partial charge in [0.25, 0.3) is 0 Å². The zero-order valence-electron chi connectivity index (χ0n) is 8.66. The van der Waals surface area contributed by atoms with Gasteiger partial charge in [0.15, 0.2) is 5.78 Å². The molecule has 0 unspecified atom stereocenters. The number of aromatic nitrogens is 2. The highest BCUT2D eigenvalue weighted by molar-refractivity contribution is 5.80. The smallest absolute Gasteiger partial charge is 0.155 e. The third kappa shape index (κ3) is 2.17. The molecule has 3 nitrogen and oxygen atoms in total. The highest BCUT2D eigenvalue weighted by Crippen LogP contribution is 2.06. The Hall–Kier alpha value is -1.12. The number of carbonyl (C=O) groups is 1. The quantitative estimate of drug-likeness (QED) is 0.710. The number of aryl methyl sites for hydroxylation is 1. The van der Waals surface area contributed by atoms with Crippen molar-refractivity contribution < 1.29 is 4.79 Å². The molecule has 0 spiro atoms. The summed E-state index contributed by atoms with van der Waals surface area (Å²) >= 11 is 0. The van der Waals surface area contributed by atoms with Crippen molar-refractivity contribution in [2.75, 3.05) is 0 Å². The average molecular weight is 180 g/mol. The van der Waals surface area contributed by atoms with Gasteiger partial charge in [0.1, 0.15) is 0 Å². The Bertz CT molecular complexity index is 313. The molecule has 72 valence electrons. The molecule has 1 heterocycles. The van der Waals surface area contributed by atoms with Gasteiger partial charge in [0.05, 0.1) is 18.6 Å². The van der Waals surface area contributed by atoms with Gasteiger partial charge in [-0.05, 0) is 13.8 Å². The van der Waals surface area contributed by atoms with Crippen LogP contribution in [0.2, 0.25) is 0 Å². The number of nitrogens with zero attached hydrogens (tertiary/aromatic N) is 2. The standard InChI is InChI=1S/C10H16N2O/c1-7(2)10(13)5-12-6-11-8(3)9(12)4/h6-7H,5H2,1-4H3. The van der Waals surface area contributed by atoms with Crippen molar-refractivity contribution in [3.8, 4) is 0 Å². The first-order chi connectivity index (χ1) is 6.02. The van der Waals surface area contributed by atoms with Crippen LogP contribution in [-0.2, 0) is 11.3 Å². The average Bonchev–Trinajstić information content (AvgIpc) is 2.36. The number of Topliss-reactive ketones (excluding diaryl/α,β-unsaturated/α-hetero) is 1. The number of hydrogen-bond acceptors (Lipinski definition) is 2. The summed E-state index contributed by atoms with van der Waals surface area (Å²) < 4.78 is 1.90. The van der Waals surface area contributed by atoms with E-state index >= 15 is 0 Å². The van der Waals surface area contributed by atoms with Gasteiger partial charge < -0.3 is 4.57 Å². The van der Waals surface area contributed by atoms with Crippen molar-refractivity contribution in [3.63, 3.8) is 0 Å². The van der Waals surface area contributed by atoms with Gasteiger partial charge in [-0.2, -0.15) is 0 Å². The Labute approximate surface area is 78.8 Å². The third-order valence-corrected chi connectivity index (χ3v) is 2.32. The number of carbonyl (C=O) groups excluding carboxylic acids is 1. The molecule has 0 aliphatic carbocycles. The van der Waals surface area contributed by atoms with Crippen LogP contribution in [0, 0.1) is 19.8 Å². The molecule has 1 aromatic rings. The predicted octanol–water partition coefficient (Wildman–Crippen LogP) is 1.73. The van der Waals surface area contributed by atoms with Crippen molar-refractivity contribution >= 4 is 5.78 Å². The molecule has 0 bridgehead atoms. The summed E-state index contributed by atoms with van der Waals surface area (Å²) in [5.74, 6) is 0.350. The van der Waals surface area contributed by atoms with Crippen LogP contribution in [0.1, 0.15) is 25.2 Å². The van der Waals surface area contributed by atoms with Crippen LogP contribution in [0.15, 0.2) is 6.33 Å². The Balaban J connectivity index is 2.75. The van der Waals surface area contributed by atoms with Crippen molar-refractivity contribution in [1.29, 1.82) is 0 Å². The lowest BCUT2D eigenvalue weighted by Crippen LogP contribution is -2.15. The van der Waals surface area contributed by atoms with Crippen LogP contribution in [-0.4, -0.2) is 15.3 Å². The molecule has 0 N–H and O–H groups in total. The van der Waals surface area contributed by atoms with E-state index in [1.807, 2.05) is 32.3 Å². The first kappa shape index (κ1) is 9.96. The zero-order chi connectivity index (χ0) is 10.0. The lowest BCUT2D eigenvalue weighted by Gasteiger charge is -2.06. The second-order valence-electron chi connectivity index (χ2n) is 3.66. The van der Waals surface area contributed by atoms with Gasteiger partial charge in [-0.1, -0.05) is 13.8 Å². The molecule has 0 aliphatic heterocycles. The van der Waals surface area contributed by atoms with E-state index in [1.54, 1.807) is 6.33 Å². The van der Waals surface area contributed by atoms with E-state index in [-0.39, 0.29) is 11.7 Å². The van der Waals surface area contributed by atoms with E-state index in [0.29, 0.717) is 6.54 Å². The van der Waals surface area contributed by atoms with Gasteiger partial charge in [-0.25, -0.2) is 4.98 Å². The van der Waals surface area contributed by atoms with E-state index in [9.17, 15) is 4.79 Å². The fraction of sp³-hybridized carbons (Fsp3) is 0.600. The van der Waals surface area contributed by atoms with Crippen LogP contribution in [0.25, 0.3) is 0 Å². The Morgan fingerprint density at radius 1 is 1.54 bits per heavy atom. The SMILES string of the molecule is Cc1ncn(CC(=O)C(C)C)c1C. The highest BCUT2D eigenvalue weighted by Gasteiger charge is 2.10. The Kier molecular flexibility index (Phi) is 2.86. The van der Waals surface area contributed by atoms with Gasteiger partial charge >= 0.3 is 0 Å². The van der Waals surface area contributed by atoms with Crippen molar-refractivity contribution in [1.82, 2.24) is 9.55 Å². The summed E-state index contributed by atoms with van der Waals surface area (Å²) in [6.45, 7) is 8.22. The fourth-order valence-electron chi connectivity index (χ4n) is 1.05. The lowest BCUT2D eigenvalue weighted by atomic mass is 10.1. The van der Waals surface area contributed by atoms with Crippen LogP contribution >= 0.6 is 0 Å². The van der Waals surface area contributed by atoms with Crippen LogP contribution in [0.3, 0.4) is 0 Å². The topological polar surface area (TPSA) is 34.9 Å². The molecule has 0 aliphatic rings. The molecule has 0 aromatic carbocycles. The maximum atomic E-state index is 11.4. The van der Waals surface area contributed by atoms with Gasteiger partial charge in [-0.15, -0.1) is 0 Å². The van der Waals surface area contributed by atoms with E-state index in [0.717, 1.165) is 11.4 Å². The Morgan fingerprint density at radius 2 is 2.15 bits per heavy atom. The number of rotatable bonds is 3. The third-order valence-electron chi connectivity index (χ3n) is 2.32. The normalized spacial score (nSPS) is 10.8. The van der Waals surface area contributed by atoms with E-state index in [4.69, 9.17) is 0 Å². The molecular weight excluding hydrogens is 164 g/mol. The van der Waals surface area contributed by atoms with Gasteiger partial charge in [0.2, 0.25) is 0 Å². The second kappa shape index (κ2) is 3.73. The molecule has 0 atom stereocenters. The predicted molar refractivity (Wildman–Crippen MR) is 51.5 cm³/mol. The van der Waals surface area contributed by atoms with Crippen LogP contribution in [0.4, 0.5) is 0 Å². The Morgan fingerprint density at radius 3 is 2.54 bits per heavy atom. The van der Waals surface area contributed by atoms with E-state index in [1.165, 1.54) is 0 Å². The van der Waals surface area contributed by atoms with Crippen molar-refractivity contribution in [2.45, 2.75) is 34.2 Å². The highest BCUT2D eigenvalue weighted by atomic mass is 16.1. The molecule has 13 heavy (non-hydrogen) atoms. The molecule has 0 radical (unpaired) electrons. The monoisotopic (exact) mass is 180 g/mol. The minimum absolute atomic E-state index is 0.0992. The largest absolute Gasteiger partial charge is 0.327 e. The second-order valence-corrected chi connectivity index (χ2v) is 3.66. The van der Waals surface area contributed by atoms with Gasteiger partial charge in [-0.3, -0.25) is 4.79 Å². The summed E-state index contributed by atoms with van der Waals surface area (Å²) in [7, 11) is 0. The summed E-state index contributed by atoms with van der Waals surface area (Å²) in [6.07, 6.45) is 1.73. The van der Waals surface area contributed by atoms with Crippen LogP contribution < -0.4 is 0 Å². The maximum Gasteiger partial charge on any atom is 0.155 e. The van der Waals surface area contributed by atoms with Gasteiger partial charge in [0, 0.05) is 11.6 Å². The summed E-state index contributed by atoms with van der Waals surface area (Å²) in [4.78, 5) is 15.6. The minimum atomic E-state index is 0.0992. The minimum Gasteiger partial charge on any atom is -0.327 e. The first-order valence-corrected chi connectivity index (χ1v) is 4.53. The molecule has 0 amide bonds. The summed E-state index contributed by atoms with van der Waals surface area (Å²) in [6, 6.07) is 0. The molecule has 0 fully saturated rings. The molecular formula is C10H16N2O. The summed E-state index contributed by atoms with van der Waals surface area (Å²) in [5.41, 5.74) is 2.07. The number of ketones is 1. The molecule has 1 rings (SSSR count). The molecule has 0 saturated carbocycles. The van der Waals surface area contributed by atoms with Crippen LogP contribution in [0.5, 0.6) is 0 Å². The number of hydrogen-bond donors (Lipinski definition) is 0.